The number of esters is 2. The number of aliphatic hydroxyl groups excluding tert-OH is 2. The fraction of sp³-hybridized carbons (Fsp3) is 0.821. The first-order chi connectivity index (χ1) is 24.5. The Hall–Kier alpha value is -1.88. The largest absolute Gasteiger partial charge is 0.469 e. The number of hydrogen-bond donors (Lipinski definition) is 4. The van der Waals surface area contributed by atoms with Crippen LogP contribution in [0.15, 0.2) is 24.3 Å². The number of rotatable bonds is 32. The van der Waals surface area contributed by atoms with Crippen LogP contribution in [0.3, 0.4) is 0 Å². The van der Waals surface area contributed by atoms with Gasteiger partial charge in [-0.2, -0.15) is 0 Å². The molecule has 51 heavy (non-hydrogen) atoms. The molecule has 0 amide bonds. The van der Waals surface area contributed by atoms with Gasteiger partial charge in [0.1, 0.15) is 12.4 Å². The summed E-state index contributed by atoms with van der Waals surface area (Å²) in [4.78, 5) is 55.4. The van der Waals surface area contributed by atoms with Crippen LogP contribution in [0, 0.1) is 11.8 Å². The number of hydrogen-bond acceptors (Lipinski definition) is 9. The third-order valence-corrected chi connectivity index (χ3v) is 9.83. The highest BCUT2D eigenvalue weighted by molar-refractivity contribution is 7.46. The number of ether oxygens (including phenoxy) is 2. The summed E-state index contributed by atoms with van der Waals surface area (Å²) in [7, 11) is -4.81. The molecule has 1 aliphatic rings. The Labute approximate surface area is 307 Å². The Morgan fingerprint density at radius 2 is 1.37 bits per heavy atom. The minimum Gasteiger partial charge on any atom is -0.462 e. The van der Waals surface area contributed by atoms with Gasteiger partial charge < -0.3 is 29.5 Å². The van der Waals surface area contributed by atoms with Crippen LogP contribution < -0.4 is 0 Å². The van der Waals surface area contributed by atoms with Gasteiger partial charge in [-0.1, -0.05) is 134 Å². The van der Waals surface area contributed by atoms with E-state index in [1.165, 1.54) is 57.8 Å². The Morgan fingerprint density at radius 3 is 1.98 bits per heavy atom. The van der Waals surface area contributed by atoms with Crippen molar-refractivity contribution < 1.29 is 52.9 Å². The first-order valence-electron chi connectivity index (χ1n) is 19.7. The lowest BCUT2D eigenvalue weighted by atomic mass is 9.90. The second-order valence-corrected chi connectivity index (χ2v) is 15.3. The SMILES string of the molecule is CCCCCCCCCCCCCCCC(=O)O[C@H](COC(=O)CCC/C=C\C[C@H]1C(=O)C[C@@H](O)[C@@H]1/C=C/[C@@H](O)CCCCC)COP(=O)(O)O. The molecule has 1 saturated carbocycles. The van der Waals surface area contributed by atoms with Gasteiger partial charge in [0.05, 0.1) is 18.8 Å². The Balaban J connectivity index is 2.33. The molecule has 12 heteroatoms. The summed E-state index contributed by atoms with van der Waals surface area (Å²) >= 11 is 0. The molecule has 0 aromatic rings. The maximum Gasteiger partial charge on any atom is 0.469 e. The smallest absolute Gasteiger partial charge is 0.462 e. The number of Topliss-reactive ketones (excluding diaryl/α,β-unsaturated/α-hetero) is 1. The van der Waals surface area contributed by atoms with Gasteiger partial charge in [0.15, 0.2) is 6.10 Å². The van der Waals surface area contributed by atoms with E-state index >= 15 is 0 Å². The number of aliphatic hydroxyl groups is 2. The lowest BCUT2D eigenvalue weighted by Gasteiger charge is -2.18. The van der Waals surface area contributed by atoms with E-state index in [1.54, 1.807) is 12.2 Å². The molecule has 4 N–H and O–H groups in total. The lowest BCUT2D eigenvalue weighted by molar-refractivity contribution is -0.161. The minimum atomic E-state index is -4.81. The van der Waals surface area contributed by atoms with Crippen molar-refractivity contribution in [3.63, 3.8) is 0 Å². The van der Waals surface area contributed by atoms with E-state index < -0.39 is 44.7 Å². The Morgan fingerprint density at radius 1 is 0.804 bits per heavy atom. The van der Waals surface area contributed by atoms with Gasteiger partial charge in [-0.25, -0.2) is 4.57 Å². The summed E-state index contributed by atoms with van der Waals surface area (Å²) in [5, 5.41) is 20.6. The number of phosphoric ester groups is 1. The number of carbonyl (C=O) groups is 3. The number of ketones is 1. The van der Waals surface area contributed by atoms with Crippen molar-refractivity contribution in [3.05, 3.63) is 24.3 Å². The molecule has 0 saturated heterocycles. The zero-order valence-corrected chi connectivity index (χ0v) is 32.4. The molecule has 1 aliphatic carbocycles. The fourth-order valence-corrected chi connectivity index (χ4v) is 6.66. The van der Waals surface area contributed by atoms with Crippen LogP contribution in [0.25, 0.3) is 0 Å². The topological polar surface area (TPSA) is 177 Å². The molecule has 0 aliphatic heterocycles. The third kappa shape index (κ3) is 25.7. The second-order valence-electron chi connectivity index (χ2n) is 14.0. The molecule has 0 heterocycles. The Bertz CT molecular complexity index is 1040. The monoisotopic (exact) mass is 744 g/mol. The van der Waals surface area contributed by atoms with Crippen LogP contribution in [-0.4, -0.2) is 69.2 Å². The van der Waals surface area contributed by atoms with E-state index in [0.717, 1.165) is 38.5 Å². The molecule has 0 aromatic carbocycles. The number of allylic oxidation sites excluding steroid dienone is 2. The molecule has 1 fully saturated rings. The zero-order valence-electron chi connectivity index (χ0n) is 31.5. The average Bonchev–Trinajstić information content (AvgIpc) is 3.35. The van der Waals surface area contributed by atoms with Gasteiger partial charge in [0.2, 0.25) is 0 Å². The molecular formula is C39H69O11P. The summed E-state index contributed by atoms with van der Waals surface area (Å²) in [5.74, 6) is -1.79. The summed E-state index contributed by atoms with van der Waals surface area (Å²) < 4.78 is 26.3. The van der Waals surface area contributed by atoms with E-state index in [-0.39, 0.29) is 43.5 Å². The molecule has 0 radical (unpaired) electrons. The van der Waals surface area contributed by atoms with Crippen LogP contribution >= 0.6 is 7.82 Å². The predicted octanol–water partition coefficient (Wildman–Crippen LogP) is 8.21. The molecule has 296 valence electrons. The van der Waals surface area contributed by atoms with Crippen molar-refractivity contribution in [2.45, 2.75) is 180 Å². The maximum absolute atomic E-state index is 12.5. The summed E-state index contributed by atoms with van der Waals surface area (Å²) in [6.07, 6.45) is 25.5. The minimum absolute atomic E-state index is 0.00631. The lowest BCUT2D eigenvalue weighted by Crippen LogP contribution is -2.29. The van der Waals surface area contributed by atoms with Crippen LogP contribution in [-0.2, 0) is 32.9 Å². The second kappa shape index (κ2) is 29.6. The van der Waals surface area contributed by atoms with Gasteiger partial charge in [-0.15, -0.1) is 0 Å². The normalized spacial score (nSPS) is 19.3. The number of unbranched alkanes of at least 4 members (excludes halogenated alkanes) is 15. The van der Waals surface area contributed by atoms with Crippen molar-refractivity contribution in [1.29, 1.82) is 0 Å². The summed E-state index contributed by atoms with van der Waals surface area (Å²) in [5.41, 5.74) is 0. The molecule has 0 unspecified atom stereocenters. The van der Waals surface area contributed by atoms with Crippen molar-refractivity contribution in [3.8, 4) is 0 Å². The van der Waals surface area contributed by atoms with Gasteiger partial charge in [0.25, 0.3) is 0 Å². The van der Waals surface area contributed by atoms with Crippen molar-refractivity contribution in [2.75, 3.05) is 13.2 Å². The molecule has 0 spiro atoms. The Kier molecular flexibility index (Phi) is 27.3. The maximum atomic E-state index is 12.5. The fourth-order valence-electron chi connectivity index (χ4n) is 6.29. The van der Waals surface area contributed by atoms with E-state index in [4.69, 9.17) is 19.3 Å². The first-order valence-corrected chi connectivity index (χ1v) is 21.3. The molecule has 0 aromatic heterocycles. The molecule has 0 bridgehead atoms. The van der Waals surface area contributed by atoms with E-state index in [1.807, 2.05) is 12.2 Å². The van der Waals surface area contributed by atoms with E-state index in [0.29, 0.717) is 32.1 Å². The quantitative estimate of drug-likeness (QED) is 0.0226. The average molecular weight is 745 g/mol. The molecular weight excluding hydrogens is 675 g/mol. The highest BCUT2D eigenvalue weighted by Crippen LogP contribution is 2.36. The highest BCUT2D eigenvalue weighted by atomic mass is 31.2. The molecule has 11 nitrogen and oxygen atoms in total. The van der Waals surface area contributed by atoms with Crippen LogP contribution in [0.5, 0.6) is 0 Å². The highest BCUT2D eigenvalue weighted by Gasteiger charge is 2.39. The van der Waals surface area contributed by atoms with Gasteiger partial charge in [-0.3, -0.25) is 18.9 Å². The summed E-state index contributed by atoms with van der Waals surface area (Å²) in [6.45, 7) is 3.34. The van der Waals surface area contributed by atoms with Crippen LogP contribution in [0.1, 0.15) is 162 Å². The predicted molar refractivity (Wildman–Crippen MR) is 199 cm³/mol. The van der Waals surface area contributed by atoms with Crippen LogP contribution in [0.4, 0.5) is 0 Å². The van der Waals surface area contributed by atoms with Crippen LogP contribution in [0.2, 0.25) is 0 Å². The first kappa shape index (κ1) is 47.1. The number of phosphoric acid groups is 1. The van der Waals surface area contributed by atoms with Crippen molar-refractivity contribution in [2.24, 2.45) is 11.8 Å². The zero-order chi connectivity index (χ0) is 37.7. The van der Waals surface area contributed by atoms with Gasteiger partial charge in [0, 0.05) is 31.1 Å². The van der Waals surface area contributed by atoms with Gasteiger partial charge >= 0.3 is 19.8 Å². The van der Waals surface area contributed by atoms with Crippen molar-refractivity contribution in [1.82, 2.24) is 0 Å². The van der Waals surface area contributed by atoms with Crippen molar-refractivity contribution >= 4 is 25.5 Å². The molecule has 1 rings (SSSR count). The molecule has 5 atom stereocenters. The van der Waals surface area contributed by atoms with Gasteiger partial charge in [-0.05, 0) is 32.1 Å². The third-order valence-electron chi connectivity index (χ3n) is 9.34. The van der Waals surface area contributed by atoms with E-state index in [2.05, 4.69) is 18.4 Å². The standard InChI is InChI=1S/C39H69O11P/c1-3-5-7-8-9-10-11-12-13-14-15-16-22-26-39(44)50-33(31-49-51(45,46)47)30-48-38(43)25-21-18-17-20-24-34-35(37(42)29-36(34)41)28-27-32(40)23-19-6-4-2/h17,20,27-28,32-35,37,40,42H,3-16,18-19,21-26,29-31H2,1-2H3,(H2,45,46,47)/b20-17-,28-27+/t32-,33+,34+,35+,37+/m0/s1. The summed E-state index contributed by atoms with van der Waals surface area (Å²) in [6, 6.07) is 0. The number of carbonyl (C=O) groups excluding carboxylic acids is 3. The van der Waals surface area contributed by atoms with E-state index in [9.17, 15) is 29.2 Å².